The van der Waals surface area contributed by atoms with Crippen molar-refractivity contribution in [2.75, 3.05) is 40.3 Å². The minimum absolute atomic E-state index is 0.232. The maximum Gasteiger partial charge on any atom is 0.155 e. The molecule has 0 radical (unpaired) electrons. The van der Waals surface area contributed by atoms with Gasteiger partial charge in [0.25, 0.3) is 0 Å². The van der Waals surface area contributed by atoms with Crippen LogP contribution in [-0.4, -0.2) is 68.1 Å². The maximum atomic E-state index is 12.2. The van der Waals surface area contributed by atoms with Gasteiger partial charge in [-0.2, -0.15) is 0 Å². The topological polar surface area (TPSA) is 32.8 Å². The summed E-state index contributed by atoms with van der Waals surface area (Å²) in [6, 6.07) is 0.542. The van der Waals surface area contributed by atoms with E-state index >= 15 is 0 Å². The molecule has 196 valence electrons. The van der Waals surface area contributed by atoms with Crippen LogP contribution in [0.2, 0.25) is 0 Å². The Labute approximate surface area is 214 Å². The van der Waals surface area contributed by atoms with Crippen molar-refractivity contribution >= 4 is 5.78 Å². The molecule has 1 saturated heterocycles. The molecule has 4 nitrogen and oxygen atoms in total. The van der Waals surface area contributed by atoms with Gasteiger partial charge in [0.2, 0.25) is 0 Å². The van der Waals surface area contributed by atoms with Crippen LogP contribution in [0.5, 0.6) is 0 Å². The van der Waals surface area contributed by atoms with Gasteiger partial charge in [0.15, 0.2) is 5.78 Å². The summed E-state index contributed by atoms with van der Waals surface area (Å²) in [4.78, 5) is 17.3. The van der Waals surface area contributed by atoms with Gasteiger partial charge in [-0.25, -0.2) is 0 Å². The quantitative estimate of drug-likeness (QED) is 0.481. The summed E-state index contributed by atoms with van der Waals surface area (Å²) < 4.78 is 6.85. The summed E-state index contributed by atoms with van der Waals surface area (Å²) in [5, 5.41) is 0. The SMILES string of the molecule is CC1=C2CC3C(CCC4=CC(=O)CCC43C)C2CCC(C)C2C(CC(C)CN2CCN(C)C)OC1. The number of nitrogens with zero attached hydrogens (tertiary/aromatic N) is 2. The monoisotopic (exact) mass is 482 g/mol. The number of allylic oxidation sites excluding steroid dienone is 3. The zero-order valence-electron chi connectivity index (χ0n) is 23.3. The van der Waals surface area contributed by atoms with Gasteiger partial charge in [-0.05, 0) is 113 Å². The molecule has 35 heavy (non-hydrogen) atoms. The standard InChI is InChI=1S/C31H50N2O2/c1-20-15-29-30(33(18-20)14-13-32(5)6)21(2)7-9-25-26-10-8-23-16-24(34)11-12-31(23,4)28(26)17-27(25)22(3)19-35-29/h16,20-21,25-26,28-30H,7-15,17-19H2,1-6H3. The number of rotatable bonds is 3. The second kappa shape index (κ2) is 10.1. The number of likely N-dealkylation sites (N-methyl/N-ethyl adjacent to an activating group) is 1. The molecule has 0 aromatic heterocycles. The summed E-state index contributed by atoms with van der Waals surface area (Å²) >= 11 is 0. The first-order valence-electron chi connectivity index (χ1n) is 14.6. The Morgan fingerprint density at radius 2 is 1.97 bits per heavy atom. The van der Waals surface area contributed by atoms with E-state index in [-0.39, 0.29) is 5.41 Å². The summed E-state index contributed by atoms with van der Waals surface area (Å²) in [6.45, 7) is 14.1. The second-order valence-electron chi connectivity index (χ2n) is 13.5. The molecule has 0 amide bonds. The predicted octanol–water partition coefficient (Wildman–Crippen LogP) is 5.73. The third kappa shape index (κ3) is 4.84. The molecule has 2 heterocycles. The summed E-state index contributed by atoms with van der Waals surface area (Å²) in [5.41, 5.74) is 4.96. The zero-order valence-corrected chi connectivity index (χ0v) is 23.3. The van der Waals surface area contributed by atoms with Crippen molar-refractivity contribution in [3.05, 3.63) is 22.8 Å². The second-order valence-corrected chi connectivity index (χ2v) is 13.5. The third-order valence-corrected chi connectivity index (χ3v) is 10.8. The van der Waals surface area contributed by atoms with Crippen LogP contribution >= 0.6 is 0 Å². The molecule has 2 saturated carbocycles. The third-order valence-electron chi connectivity index (χ3n) is 10.8. The first-order chi connectivity index (χ1) is 16.7. The number of hydrogen-bond acceptors (Lipinski definition) is 4. The fourth-order valence-electron chi connectivity index (χ4n) is 8.90. The first-order valence-corrected chi connectivity index (χ1v) is 14.6. The van der Waals surface area contributed by atoms with Crippen LogP contribution in [0.1, 0.15) is 79.1 Å². The molecule has 8 unspecified atom stereocenters. The highest BCUT2D eigenvalue weighted by Crippen LogP contribution is 2.62. The Bertz CT molecular complexity index is 875. The van der Waals surface area contributed by atoms with Gasteiger partial charge in [0, 0.05) is 32.1 Å². The van der Waals surface area contributed by atoms with E-state index < -0.39 is 0 Å². The molecule has 0 spiro atoms. The fraction of sp³-hybridized carbons (Fsp3) is 0.839. The molecule has 0 bridgehead atoms. The molecule has 5 rings (SSSR count). The smallest absolute Gasteiger partial charge is 0.155 e. The average molecular weight is 483 g/mol. The lowest BCUT2D eigenvalue weighted by Gasteiger charge is -2.48. The van der Waals surface area contributed by atoms with Crippen LogP contribution in [-0.2, 0) is 9.53 Å². The summed E-state index contributed by atoms with van der Waals surface area (Å²) in [5.74, 6) is 3.94. The largest absolute Gasteiger partial charge is 0.372 e. The van der Waals surface area contributed by atoms with E-state index in [2.05, 4.69) is 51.6 Å². The Morgan fingerprint density at radius 1 is 1.17 bits per heavy atom. The highest BCUT2D eigenvalue weighted by molar-refractivity contribution is 5.91. The molecule has 5 aliphatic rings. The Balaban J connectivity index is 1.41. The number of ether oxygens (including phenoxy) is 1. The molecule has 2 aliphatic heterocycles. The zero-order chi connectivity index (χ0) is 24.9. The lowest BCUT2D eigenvalue weighted by Crippen LogP contribution is -2.56. The number of carbonyl (C=O) groups excluding carboxylic acids is 1. The number of carbonyl (C=O) groups is 1. The minimum Gasteiger partial charge on any atom is -0.372 e. The van der Waals surface area contributed by atoms with Crippen molar-refractivity contribution in [3.63, 3.8) is 0 Å². The van der Waals surface area contributed by atoms with Crippen LogP contribution < -0.4 is 0 Å². The Kier molecular flexibility index (Phi) is 7.38. The number of hydrogen-bond donors (Lipinski definition) is 0. The van der Waals surface area contributed by atoms with E-state index in [0.29, 0.717) is 35.7 Å². The van der Waals surface area contributed by atoms with Crippen molar-refractivity contribution in [1.29, 1.82) is 0 Å². The molecule has 0 aromatic rings. The minimum atomic E-state index is 0.232. The molecule has 3 aliphatic carbocycles. The van der Waals surface area contributed by atoms with Gasteiger partial charge in [-0.3, -0.25) is 9.69 Å². The van der Waals surface area contributed by atoms with Gasteiger partial charge >= 0.3 is 0 Å². The first kappa shape index (κ1) is 25.7. The van der Waals surface area contributed by atoms with Gasteiger partial charge in [-0.15, -0.1) is 0 Å². The molecule has 4 heteroatoms. The summed E-state index contributed by atoms with van der Waals surface area (Å²) in [7, 11) is 4.38. The predicted molar refractivity (Wildman–Crippen MR) is 143 cm³/mol. The molecular weight excluding hydrogens is 432 g/mol. The van der Waals surface area contributed by atoms with Gasteiger partial charge in [0.05, 0.1) is 12.7 Å². The number of piperidine rings is 1. The van der Waals surface area contributed by atoms with Crippen LogP contribution in [0.15, 0.2) is 22.8 Å². The van der Waals surface area contributed by atoms with Crippen LogP contribution in [0.4, 0.5) is 0 Å². The fourth-order valence-corrected chi connectivity index (χ4v) is 8.90. The van der Waals surface area contributed by atoms with Gasteiger partial charge in [-0.1, -0.05) is 31.9 Å². The molecular formula is C31H50N2O2. The Morgan fingerprint density at radius 3 is 2.74 bits per heavy atom. The van der Waals surface area contributed by atoms with Crippen molar-refractivity contribution in [2.24, 2.45) is 35.0 Å². The summed E-state index contributed by atoms with van der Waals surface area (Å²) in [6.07, 6.45) is 11.7. The maximum absolute atomic E-state index is 12.2. The number of fused-ring (bicyclic) bond motifs is 6. The lowest BCUT2D eigenvalue weighted by atomic mass is 9.56. The molecule has 0 N–H and O–H groups in total. The average Bonchev–Trinajstić information content (AvgIpc) is 3.19. The van der Waals surface area contributed by atoms with Crippen LogP contribution in [0.3, 0.4) is 0 Å². The molecule has 0 aromatic carbocycles. The van der Waals surface area contributed by atoms with E-state index in [1.807, 2.05) is 6.08 Å². The van der Waals surface area contributed by atoms with E-state index in [1.54, 1.807) is 5.57 Å². The van der Waals surface area contributed by atoms with E-state index in [1.165, 1.54) is 49.8 Å². The van der Waals surface area contributed by atoms with Crippen molar-refractivity contribution in [3.8, 4) is 0 Å². The highest BCUT2D eigenvalue weighted by Gasteiger charge is 2.53. The normalized spacial score (nSPS) is 42.8. The molecule has 3 fully saturated rings. The van der Waals surface area contributed by atoms with Crippen molar-refractivity contribution in [1.82, 2.24) is 9.80 Å². The Hall–Kier alpha value is -0.970. The van der Waals surface area contributed by atoms with Gasteiger partial charge < -0.3 is 9.64 Å². The van der Waals surface area contributed by atoms with E-state index in [0.717, 1.165) is 50.8 Å². The van der Waals surface area contributed by atoms with E-state index in [9.17, 15) is 4.79 Å². The number of ketones is 1. The van der Waals surface area contributed by atoms with Crippen molar-refractivity contribution in [2.45, 2.75) is 91.2 Å². The van der Waals surface area contributed by atoms with Crippen LogP contribution in [0.25, 0.3) is 0 Å². The highest BCUT2D eigenvalue weighted by atomic mass is 16.5. The lowest BCUT2D eigenvalue weighted by molar-refractivity contribution is -0.116. The molecule has 8 atom stereocenters. The van der Waals surface area contributed by atoms with E-state index in [4.69, 9.17) is 4.74 Å². The number of likely N-dealkylation sites (tertiary alicyclic amines) is 1. The van der Waals surface area contributed by atoms with Crippen molar-refractivity contribution < 1.29 is 9.53 Å². The van der Waals surface area contributed by atoms with Gasteiger partial charge in [0.1, 0.15) is 0 Å². The van der Waals surface area contributed by atoms with Crippen LogP contribution in [0, 0.1) is 35.0 Å².